The molecule has 0 bridgehead atoms. The SMILES string of the molecule is [B]c1cnn2c(NCc3cccnc3)cc(Oc3ccccc3)nc12. The summed E-state index contributed by atoms with van der Waals surface area (Å²) in [5, 5.41) is 7.60. The summed E-state index contributed by atoms with van der Waals surface area (Å²) in [5.74, 6) is 1.88. The molecule has 0 unspecified atom stereocenters. The molecule has 0 aliphatic carbocycles. The quantitative estimate of drug-likeness (QED) is 0.570. The maximum atomic E-state index is 5.98. The number of hydrogen-bond donors (Lipinski definition) is 1. The van der Waals surface area contributed by atoms with Crippen LogP contribution in [0.2, 0.25) is 0 Å². The first-order valence-corrected chi connectivity index (χ1v) is 7.79. The molecule has 120 valence electrons. The van der Waals surface area contributed by atoms with E-state index in [0.717, 1.165) is 11.4 Å². The number of para-hydroxylation sites is 1. The molecule has 7 heteroatoms. The van der Waals surface area contributed by atoms with E-state index in [1.807, 2.05) is 48.7 Å². The fraction of sp³-hybridized carbons (Fsp3) is 0.0556. The lowest BCUT2D eigenvalue weighted by Gasteiger charge is -2.11. The van der Waals surface area contributed by atoms with Crippen LogP contribution in [-0.2, 0) is 6.54 Å². The molecule has 1 N–H and O–H groups in total. The van der Waals surface area contributed by atoms with Crippen LogP contribution in [-0.4, -0.2) is 27.4 Å². The fourth-order valence-electron chi connectivity index (χ4n) is 2.44. The van der Waals surface area contributed by atoms with Gasteiger partial charge in [0.05, 0.1) is 0 Å². The topological polar surface area (TPSA) is 64.3 Å². The lowest BCUT2D eigenvalue weighted by molar-refractivity contribution is 0.463. The van der Waals surface area contributed by atoms with Crippen LogP contribution in [0.15, 0.2) is 67.1 Å². The third kappa shape index (κ3) is 3.30. The van der Waals surface area contributed by atoms with Crippen LogP contribution in [0.4, 0.5) is 5.82 Å². The Balaban J connectivity index is 1.67. The first kappa shape index (κ1) is 15.2. The lowest BCUT2D eigenvalue weighted by atomic mass is 10.0. The van der Waals surface area contributed by atoms with E-state index < -0.39 is 0 Å². The number of nitrogens with zero attached hydrogens (tertiary/aromatic N) is 4. The van der Waals surface area contributed by atoms with Crippen molar-refractivity contribution in [2.75, 3.05) is 5.32 Å². The Bertz CT molecular complexity index is 988. The second-order valence-electron chi connectivity index (χ2n) is 5.44. The van der Waals surface area contributed by atoms with Crippen LogP contribution in [0.25, 0.3) is 5.65 Å². The number of anilines is 1. The van der Waals surface area contributed by atoms with Crippen LogP contribution >= 0.6 is 0 Å². The zero-order valence-corrected chi connectivity index (χ0v) is 13.3. The Morgan fingerprint density at radius 1 is 1.08 bits per heavy atom. The van der Waals surface area contributed by atoms with Gasteiger partial charge in [0.25, 0.3) is 0 Å². The fourth-order valence-corrected chi connectivity index (χ4v) is 2.44. The van der Waals surface area contributed by atoms with Gasteiger partial charge in [0, 0.05) is 31.2 Å². The summed E-state index contributed by atoms with van der Waals surface area (Å²) >= 11 is 0. The van der Waals surface area contributed by atoms with Crippen LogP contribution in [0.3, 0.4) is 0 Å². The Hall–Kier alpha value is -3.35. The van der Waals surface area contributed by atoms with Crippen molar-refractivity contribution in [2.45, 2.75) is 6.54 Å². The maximum Gasteiger partial charge on any atom is 0.224 e. The molecule has 0 amide bonds. The number of ether oxygens (including phenoxy) is 1. The average molecular weight is 327 g/mol. The van der Waals surface area contributed by atoms with E-state index in [4.69, 9.17) is 12.6 Å². The molecule has 1 aromatic carbocycles. The van der Waals surface area contributed by atoms with E-state index in [1.165, 1.54) is 0 Å². The Morgan fingerprint density at radius 3 is 2.76 bits per heavy atom. The Morgan fingerprint density at radius 2 is 1.96 bits per heavy atom. The number of hydrogen-bond acceptors (Lipinski definition) is 5. The molecular formula is C18H14BN5O. The summed E-state index contributed by atoms with van der Waals surface area (Å²) in [5.41, 5.74) is 2.09. The first-order valence-electron chi connectivity index (χ1n) is 7.79. The number of fused-ring (bicyclic) bond motifs is 1. The molecule has 4 rings (SSSR count). The van der Waals surface area contributed by atoms with Gasteiger partial charge in [-0.2, -0.15) is 14.6 Å². The second kappa shape index (κ2) is 6.64. The summed E-state index contributed by atoms with van der Waals surface area (Å²) in [7, 11) is 5.98. The van der Waals surface area contributed by atoms with E-state index in [9.17, 15) is 0 Å². The van der Waals surface area contributed by atoms with E-state index in [-0.39, 0.29) is 0 Å². The molecule has 0 aliphatic rings. The summed E-state index contributed by atoms with van der Waals surface area (Å²) in [6, 6.07) is 15.2. The molecular weight excluding hydrogens is 313 g/mol. The normalized spacial score (nSPS) is 10.7. The second-order valence-corrected chi connectivity index (χ2v) is 5.44. The molecule has 0 aliphatic heterocycles. The minimum absolute atomic E-state index is 0.444. The monoisotopic (exact) mass is 327 g/mol. The van der Waals surface area contributed by atoms with Gasteiger partial charge in [0.15, 0.2) is 5.65 Å². The average Bonchev–Trinajstić information content (AvgIpc) is 3.03. The minimum atomic E-state index is 0.444. The molecule has 6 nitrogen and oxygen atoms in total. The van der Waals surface area contributed by atoms with Crippen molar-refractivity contribution in [3.63, 3.8) is 0 Å². The van der Waals surface area contributed by atoms with Crippen molar-refractivity contribution in [2.24, 2.45) is 0 Å². The molecule has 3 aromatic heterocycles. The van der Waals surface area contributed by atoms with Gasteiger partial charge in [0.1, 0.15) is 19.4 Å². The number of aromatic nitrogens is 4. The van der Waals surface area contributed by atoms with Gasteiger partial charge in [-0.25, -0.2) is 0 Å². The van der Waals surface area contributed by atoms with Crippen molar-refractivity contribution in [1.82, 2.24) is 19.6 Å². The third-order valence-corrected chi connectivity index (χ3v) is 3.64. The first-order chi connectivity index (χ1) is 12.3. The van der Waals surface area contributed by atoms with Crippen LogP contribution in [0.1, 0.15) is 5.56 Å². The molecule has 0 atom stereocenters. The van der Waals surface area contributed by atoms with Crippen molar-refractivity contribution in [1.29, 1.82) is 0 Å². The van der Waals surface area contributed by atoms with Crippen LogP contribution in [0.5, 0.6) is 11.6 Å². The lowest BCUT2D eigenvalue weighted by Crippen LogP contribution is -2.09. The summed E-state index contributed by atoms with van der Waals surface area (Å²) in [4.78, 5) is 8.56. The highest BCUT2D eigenvalue weighted by Crippen LogP contribution is 2.23. The Kier molecular flexibility index (Phi) is 4.04. The molecule has 0 saturated heterocycles. The zero-order valence-electron chi connectivity index (χ0n) is 13.3. The number of rotatable bonds is 5. The summed E-state index contributed by atoms with van der Waals surface area (Å²) in [6.07, 6.45) is 5.13. The number of benzene rings is 1. The summed E-state index contributed by atoms with van der Waals surface area (Å²) in [6.45, 7) is 0.595. The van der Waals surface area contributed by atoms with Crippen molar-refractivity contribution in [3.8, 4) is 11.6 Å². The predicted molar refractivity (Wildman–Crippen MR) is 96.5 cm³/mol. The molecule has 0 fully saturated rings. The number of nitrogens with one attached hydrogen (secondary N) is 1. The molecule has 2 radical (unpaired) electrons. The standard InChI is InChI=1S/C18H14BN5O/c19-15-12-22-24-16(21-11-13-5-4-8-20-10-13)9-17(23-18(15)24)25-14-6-2-1-3-7-14/h1-10,12,21H,11H2. The summed E-state index contributed by atoms with van der Waals surface area (Å²) < 4.78 is 7.50. The third-order valence-electron chi connectivity index (χ3n) is 3.64. The van der Waals surface area contributed by atoms with Crippen molar-refractivity contribution in [3.05, 3.63) is 72.7 Å². The zero-order chi connectivity index (χ0) is 17.1. The highest BCUT2D eigenvalue weighted by Gasteiger charge is 2.10. The van der Waals surface area contributed by atoms with Gasteiger partial charge in [0.2, 0.25) is 5.88 Å². The molecule has 3 heterocycles. The van der Waals surface area contributed by atoms with Gasteiger partial charge >= 0.3 is 0 Å². The van der Waals surface area contributed by atoms with E-state index >= 15 is 0 Å². The van der Waals surface area contributed by atoms with E-state index in [2.05, 4.69) is 20.4 Å². The largest absolute Gasteiger partial charge is 0.439 e. The highest BCUT2D eigenvalue weighted by molar-refractivity contribution is 6.36. The van der Waals surface area contributed by atoms with E-state index in [1.54, 1.807) is 23.0 Å². The van der Waals surface area contributed by atoms with Gasteiger partial charge in [-0.15, -0.1) is 0 Å². The van der Waals surface area contributed by atoms with Gasteiger partial charge in [-0.3, -0.25) is 4.98 Å². The molecule has 0 saturated carbocycles. The van der Waals surface area contributed by atoms with Crippen LogP contribution in [0, 0.1) is 0 Å². The van der Waals surface area contributed by atoms with Crippen molar-refractivity contribution < 1.29 is 4.74 Å². The smallest absolute Gasteiger partial charge is 0.224 e. The highest BCUT2D eigenvalue weighted by atomic mass is 16.5. The molecule has 0 spiro atoms. The van der Waals surface area contributed by atoms with Gasteiger partial charge in [-0.05, 0) is 29.2 Å². The van der Waals surface area contributed by atoms with Gasteiger partial charge in [-0.1, -0.05) is 24.3 Å². The minimum Gasteiger partial charge on any atom is -0.439 e. The van der Waals surface area contributed by atoms with Gasteiger partial charge < -0.3 is 10.1 Å². The molecule has 25 heavy (non-hydrogen) atoms. The maximum absolute atomic E-state index is 5.98. The van der Waals surface area contributed by atoms with Crippen molar-refractivity contribution >= 4 is 24.8 Å². The Labute approximate surface area is 145 Å². The predicted octanol–water partition coefficient (Wildman–Crippen LogP) is 2.32. The molecule has 4 aromatic rings. The van der Waals surface area contributed by atoms with Crippen LogP contribution < -0.4 is 15.5 Å². The van der Waals surface area contributed by atoms with E-state index in [0.29, 0.717) is 29.3 Å². The number of pyridine rings is 1.